The summed E-state index contributed by atoms with van der Waals surface area (Å²) in [6.07, 6.45) is 0. The third-order valence-electron chi connectivity index (χ3n) is 3.40. The van der Waals surface area contributed by atoms with E-state index >= 15 is 0 Å². The van der Waals surface area contributed by atoms with Gasteiger partial charge in [-0.25, -0.2) is 0 Å². The molecule has 0 saturated carbocycles. The Labute approximate surface area is 124 Å². The molecule has 1 aliphatic rings. The zero-order valence-corrected chi connectivity index (χ0v) is 12.4. The molecule has 1 aromatic carbocycles. The monoisotopic (exact) mass is 298 g/mol. The smallest absolute Gasteiger partial charge is 0.205 e. The second-order valence-corrected chi connectivity index (χ2v) is 4.68. The first-order chi connectivity index (χ1) is 10.2. The van der Waals surface area contributed by atoms with Gasteiger partial charge in [0.1, 0.15) is 18.0 Å². The molecule has 21 heavy (non-hydrogen) atoms. The summed E-state index contributed by atoms with van der Waals surface area (Å²) in [4.78, 5) is 2.25. The number of phenolic OH excluding ortho intramolecular Hbond substituents is 1. The molecule has 0 unspecified atom stereocenters. The van der Waals surface area contributed by atoms with Crippen molar-refractivity contribution in [3.05, 3.63) is 6.07 Å². The summed E-state index contributed by atoms with van der Waals surface area (Å²) in [6, 6.07) is 1.44. The molecular formula is C14H22N2O5. The Morgan fingerprint density at radius 3 is 2.52 bits per heavy atom. The summed E-state index contributed by atoms with van der Waals surface area (Å²) in [5.74, 6) is 0.983. The number of hydrogen-bond donors (Lipinski definition) is 2. The molecule has 0 aliphatic carbocycles. The van der Waals surface area contributed by atoms with E-state index < -0.39 is 0 Å². The predicted octanol–water partition coefficient (Wildman–Crippen LogP) is 0.703. The molecule has 0 amide bonds. The number of benzene rings is 1. The molecule has 0 atom stereocenters. The fourth-order valence-electron chi connectivity index (χ4n) is 2.23. The third kappa shape index (κ3) is 3.62. The molecule has 0 radical (unpaired) electrons. The van der Waals surface area contributed by atoms with Crippen LogP contribution in [0.15, 0.2) is 6.07 Å². The van der Waals surface area contributed by atoms with Crippen molar-refractivity contribution in [2.45, 2.75) is 0 Å². The van der Waals surface area contributed by atoms with Gasteiger partial charge in [-0.05, 0) is 0 Å². The molecule has 2 rings (SSSR count). The quantitative estimate of drug-likeness (QED) is 0.590. The van der Waals surface area contributed by atoms with Crippen molar-refractivity contribution in [3.8, 4) is 23.0 Å². The second kappa shape index (κ2) is 7.24. The van der Waals surface area contributed by atoms with Gasteiger partial charge in [0, 0.05) is 25.7 Å². The molecule has 1 saturated heterocycles. The van der Waals surface area contributed by atoms with E-state index in [0.717, 1.165) is 32.8 Å². The lowest BCUT2D eigenvalue weighted by atomic mass is 10.2. The van der Waals surface area contributed by atoms with E-state index in [1.165, 1.54) is 20.3 Å². The number of nitrogen functional groups attached to an aromatic ring is 1. The molecule has 1 aliphatic heterocycles. The molecule has 1 heterocycles. The molecule has 3 N–H and O–H groups in total. The normalized spacial score (nSPS) is 15.7. The van der Waals surface area contributed by atoms with Crippen molar-refractivity contribution < 1.29 is 24.1 Å². The summed E-state index contributed by atoms with van der Waals surface area (Å²) in [5, 5.41) is 9.81. The number of morpholine rings is 1. The highest BCUT2D eigenvalue weighted by Crippen LogP contribution is 2.46. The minimum atomic E-state index is -0.0889. The van der Waals surface area contributed by atoms with Crippen LogP contribution in [0.3, 0.4) is 0 Å². The van der Waals surface area contributed by atoms with Crippen molar-refractivity contribution in [1.29, 1.82) is 0 Å². The average Bonchev–Trinajstić information content (AvgIpc) is 2.51. The van der Waals surface area contributed by atoms with Gasteiger partial charge in [-0.3, -0.25) is 4.90 Å². The number of anilines is 1. The fourth-order valence-corrected chi connectivity index (χ4v) is 2.23. The number of methoxy groups -OCH3 is 2. The molecule has 7 nitrogen and oxygen atoms in total. The van der Waals surface area contributed by atoms with Crippen molar-refractivity contribution in [2.75, 3.05) is 59.4 Å². The maximum atomic E-state index is 9.81. The van der Waals surface area contributed by atoms with Crippen molar-refractivity contribution >= 4 is 5.69 Å². The zero-order chi connectivity index (χ0) is 15.2. The van der Waals surface area contributed by atoms with Gasteiger partial charge in [-0.1, -0.05) is 0 Å². The standard InChI is InChI=1S/C14H22N2O5/c1-18-13-11(9-10(17)12(15)14(13)19-2)21-8-5-16-3-6-20-7-4-16/h9,17H,3-8,15H2,1-2H3. The first-order valence-electron chi connectivity index (χ1n) is 6.83. The lowest BCUT2D eigenvalue weighted by Gasteiger charge is -2.26. The van der Waals surface area contributed by atoms with Crippen LogP contribution in [0.2, 0.25) is 0 Å². The van der Waals surface area contributed by atoms with Crippen LogP contribution in [-0.2, 0) is 4.74 Å². The van der Waals surface area contributed by atoms with Crippen LogP contribution in [0.4, 0.5) is 5.69 Å². The predicted molar refractivity (Wildman–Crippen MR) is 78.4 cm³/mol. The van der Waals surface area contributed by atoms with E-state index in [2.05, 4.69) is 4.90 Å². The second-order valence-electron chi connectivity index (χ2n) is 4.68. The van der Waals surface area contributed by atoms with E-state index in [1.807, 2.05) is 0 Å². The summed E-state index contributed by atoms with van der Waals surface area (Å²) in [6.45, 7) is 4.55. The van der Waals surface area contributed by atoms with Crippen LogP contribution >= 0.6 is 0 Å². The third-order valence-corrected chi connectivity index (χ3v) is 3.40. The number of rotatable bonds is 6. The van der Waals surface area contributed by atoms with Gasteiger partial charge in [0.2, 0.25) is 5.75 Å². The number of ether oxygens (including phenoxy) is 4. The van der Waals surface area contributed by atoms with Crippen LogP contribution in [0, 0.1) is 0 Å². The Kier molecular flexibility index (Phi) is 5.35. The number of phenols is 1. The van der Waals surface area contributed by atoms with Crippen molar-refractivity contribution in [2.24, 2.45) is 0 Å². The minimum absolute atomic E-state index is 0.0889. The molecule has 7 heteroatoms. The fraction of sp³-hybridized carbons (Fsp3) is 0.571. The van der Waals surface area contributed by atoms with Crippen LogP contribution in [0.5, 0.6) is 23.0 Å². The maximum absolute atomic E-state index is 9.81. The lowest BCUT2D eigenvalue weighted by molar-refractivity contribution is 0.0321. The van der Waals surface area contributed by atoms with Crippen molar-refractivity contribution in [3.63, 3.8) is 0 Å². The highest BCUT2D eigenvalue weighted by atomic mass is 16.5. The van der Waals surface area contributed by atoms with Gasteiger partial charge in [0.25, 0.3) is 0 Å². The van der Waals surface area contributed by atoms with Gasteiger partial charge in [-0.2, -0.15) is 0 Å². The van der Waals surface area contributed by atoms with Gasteiger partial charge >= 0.3 is 0 Å². The Morgan fingerprint density at radius 1 is 1.24 bits per heavy atom. The number of nitrogens with two attached hydrogens (primary N) is 1. The summed E-state index contributed by atoms with van der Waals surface area (Å²) in [7, 11) is 2.97. The van der Waals surface area contributed by atoms with Crippen LogP contribution in [-0.4, -0.2) is 63.7 Å². The van der Waals surface area contributed by atoms with Gasteiger partial charge in [0.05, 0.1) is 27.4 Å². The summed E-state index contributed by atoms with van der Waals surface area (Å²) < 4.78 is 21.4. The van der Waals surface area contributed by atoms with Crippen molar-refractivity contribution in [1.82, 2.24) is 4.90 Å². The summed E-state index contributed by atoms with van der Waals surface area (Å²) in [5.41, 5.74) is 5.89. The van der Waals surface area contributed by atoms with E-state index in [0.29, 0.717) is 18.1 Å². The maximum Gasteiger partial charge on any atom is 0.205 e. The SMILES string of the molecule is COc1c(OCCN2CCOCC2)cc(O)c(N)c1OC. The first kappa shape index (κ1) is 15.5. The number of hydrogen-bond acceptors (Lipinski definition) is 7. The van der Waals surface area contributed by atoms with Crippen LogP contribution < -0.4 is 19.9 Å². The highest BCUT2D eigenvalue weighted by molar-refractivity contribution is 5.72. The minimum Gasteiger partial charge on any atom is -0.505 e. The molecule has 0 spiro atoms. The number of nitrogens with zero attached hydrogens (tertiary/aromatic N) is 1. The molecule has 118 valence electrons. The van der Waals surface area contributed by atoms with Crippen LogP contribution in [0.25, 0.3) is 0 Å². The van der Waals surface area contributed by atoms with E-state index in [4.69, 9.17) is 24.7 Å². The Balaban J connectivity index is 2.03. The van der Waals surface area contributed by atoms with E-state index in [1.54, 1.807) is 0 Å². The molecular weight excluding hydrogens is 276 g/mol. The number of aromatic hydroxyl groups is 1. The zero-order valence-electron chi connectivity index (χ0n) is 12.4. The molecule has 0 bridgehead atoms. The van der Waals surface area contributed by atoms with E-state index in [-0.39, 0.29) is 17.2 Å². The van der Waals surface area contributed by atoms with E-state index in [9.17, 15) is 5.11 Å². The van der Waals surface area contributed by atoms with Gasteiger partial charge in [0.15, 0.2) is 11.5 Å². The summed E-state index contributed by atoms with van der Waals surface area (Å²) >= 11 is 0. The Morgan fingerprint density at radius 2 is 1.90 bits per heavy atom. The topological polar surface area (TPSA) is 86.4 Å². The lowest BCUT2D eigenvalue weighted by Crippen LogP contribution is -2.38. The molecule has 1 fully saturated rings. The van der Waals surface area contributed by atoms with Gasteiger partial charge < -0.3 is 29.8 Å². The average molecular weight is 298 g/mol. The molecule has 1 aromatic rings. The highest BCUT2D eigenvalue weighted by Gasteiger charge is 2.19. The largest absolute Gasteiger partial charge is 0.505 e. The van der Waals surface area contributed by atoms with Crippen LogP contribution in [0.1, 0.15) is 0 Å². The Bertz CT molecular complexity index is 475. The Hall–Kier alpha value is -1.86. The first-order valence-corrected chi connectivity index (χ1v) is 6.83. The van der Waals surface area contributed by atoms with Gasteiger partial charge in [-0.15, -0.1) is 0 Å². The molecule has 0 aromatic heterocycles.